The Hall–Kier alpha value is -4.70. The van der Waals surface area contributed by atoms with E-state index in [1.54, 1.807) is 62.4 Å². The lowest BCUT2D eigenvalue weighted by Gasteiger charge is -2.22. The molecule has 0 radical (unpaired) electrons. The second-order valence-corrected chi connectivity index (χ2v) is 13.9. The van der Waals surface area contributed by atoms with Crippen LogP contribution < -0.4 is 44.2 Å². The maximum Gasteiger partial charge on any atom is 0.332 e. The lowest BCUT2D eigenvalue weighted by atomic mass is 9.96. The molecule has 53 heavy (non-hydrogen) atoms. The lowest BCUT2D eigenvalue weighted by molar-refractivity contribution is 0.707. The third-order valence-electron chi connectivity index (χ3n) is 8.83. The molecular weight excluding hydrogens is 766 g/mol. The van der Waals surface area contributed by atoms with Gasteiger partial charge in [-0.15, -0.1) is 0 Å². The molecule has 0 aliphatic rings. The first-order valence-electron chi connectivity index (χ1n) is 15.9. The van der Waals surface area contributed by atoms with Crippen LogP contribution >= 0.6 is 46.4 Å². The second-order valence-electron chi connectivity index (χ2n) is 12.2. The van der Waals surface area contributed by atoms with Gasteiger partial charge >= 0.3 is 11.4 Å². The van der Waals surface area contributed by atoms with Crippen LogP contribution in [0, 0.1) is 0 Å². The smallest absolute Gasteiger partial charge is 0.332 e. The van der Waals surface area contributed by atoms with Gasteiger partial charge in [-0.25, -0.2) is 19.6 Å². The zero-order chi connectivity index (χ0) is 39.2. The highest BCUT2D eigenvalue weighted by atomic mass is 35.5. The van der Waals surface area contributed by atoms with E-state index >= 15 is 0 Å². The number of halogens is 4. The highest BCUT2D eigenvalue weighted by Crippen LogP contribution is 2.40. The molecule has 14 nitrogen and oxygen atoms in total. The van der Waals surface area contributed by atoms with Crippen molar-refractivity contribution >= 4 is 80.1 Å². The molecule has 0 aliphatic heterocycles. The van der Waals surface area contributed by atoms with Crippen LogP contribution in [0.5, 0.6) is 0 Å². The Morgan fingerprint density at radius 3 is 1.45 bits per heavy atom. The highest BCUT2D eigenvalue weighted by Gasteiger charge is 2.25. The lowest BCUT2D eigenvalue weighted by Crippen LogP contribution is -2.38. The van der Waals surface area contributed by atoms with Crippen LogP contribution in [0.25, 0.3) is 44.3 Å². The standard InChI is InChI=1S/C18H19Cl2N5O2.C17H17Cl2N5O2/c1-23(2)15-11(8-21)13(10-6-5-9(19)7-12(10)20)14-16(22-15)24(3)18(27)25(4)17(14)26;1-21-14-10(7-20)12(9-5-4-8(18)6-11(9)19)13-15(22-14)23(2)17(26)24(3)16(13)25/h5-7H,8,21H2,1-4H3;4-6H,7,20H2,1-3H3,(H,21,22). The molecule has 4 aromatic heterocycles. The molecule has 18 heteroatoms. The van der Waals surface area contributed by atoms with Gasteiger partial charge in [0.2, 0.25) is 0 Å². The average Bonchev–Trinajstić information content (AvgIpc) is 3.13. The minimum absolute atomic E-state index is 0.124. The first-order chi connectivity index (χ1) is 25.0. The van der Waals surface area contributed by atoms with Gasteiger partial charge in [0.15, 0.2) is 11.3 Å². The van der Waals surface area contributed by atoms with Crippen molar-refractivity contribution in [1.82, 2.24) is 28.2 Å². The molecule has 6 rings (SSSR count). The van der Waals surface area contributed by atoms with E-state index < -0.39 is 22.5 Å². The van der Waals surface area contributed by atoms with Gasteiger partial charge in [-0.2, -0.15) is 0 Å². The number of nitrogens with one attached hydrogen (secondary N) is 1. The van der Waals surface area contributed by atoms with Crippen molar-refractivity contribution in [2.75, 3.05) is 31.4 Å². The Kier molecular flexibility index (Phi) is 11.4. The molecule has 2 aromatic carbocycles. The van der Waals surface area contributed by atoms with Gasteiger partial charge in [0, 0.05) is 116 Å². The van der Waals surface area contributed by atoms with Crippen molar-refractivity contribution in [2.24, 2.45) is 39.7 Å². The number of nitrogens with zero attached hydrogens (tertiary/aromatic N) is 7. The molecule has 0 bridgehead atoms. The van der Waals surface area contributed by atoms with Gasteiger partial charge in [-0.05, 0) is 24.3 Å². The van der Waals surface area contributed by atoms with Gasteiger partial charge in [0.25, 0.3) is 11.1 Å². The molecule has 278 valence electrons. The van der Waals surface area contributed by atoms with E-state index in [0.29, 0.717) is 65.1 Å². The summed E-state index contributed by atoms with van der Waals surface area (Å²) in [5, 5.41) is 5.24. The summed E-state index contributed by atoms with van der Waals surface area (Å²) >= 11 is 24.9. The van der Waals surface area contributed by atoms with Crippen molar-refractivity contribution in [1.29, 1.82) is 0 Å². The van der Waals surface area contributed by atoms with Crippen LogP contribution in [0.4, 0.5) is 11.6 Å². The summed E-state index contributed by atoms with van der Waals surface area (Å²) in [5.41, 5.74) is 14.3. The van der Waals surface area contributed by atoms with E-state index in [9.17, 15) is 19.2 Å². The van der Waals surface area contributed by atoms with Gasteiger partial charge in [0.05, 0.1) is 10.8 Å². The van der Waals surface area contributed by atoms with Crippen LogP contribution in [0.2, 0.25) is 20.1 Å². The third-order valence-corrected chi connectivity index (χ3v) is 9.92. The third kappa shape index (κ3) is 6.82. The average molecular weight is 803 g/mol. The Morgan fingerprint density at radius 1 is 0.660 bits per heavy atom. The van der Waals surface area contributed by atoms with Crippen molar-refractivity contribution in [3.63, 3.8) is 0 Å². The largest absolute Gasteiger partial charge is 0.373 e. The minimum atomic E-state index is -0.467. The Labute approximate surface area is 322 Å². The Balaban J connectivity index is 0.000000204. The van der Waals surface area contributed by atoms with Crippen LogP contribution in [-0.4, -0.2) is 49.4 Å². The molecular formula is C35H36Cl4N10O4. The first kappa shape index (κ1) is 39.5. The number of fused-ring (bicyclic) bond motifs is 2. The highest BCUT2D eigenvalue weighted by molar-refractivity contribution is 6.37. The monoisotopic (exact) mass is 800 g/mol. The summed E-state index contributed by atoms with van der Waals surface area (Å²) in [6.45, 7) is 0.260. The fraction of sp³-hybridized carbons (Fsp3) is 0.257. The number of benzene rings is 2. The number of hydrogen-bond donors (Lipinski definition) is 3. The van der Waals surface area contributed by atoms with Crippen LogP contribution in [0.3, 0.4) is 0 Å². The number of rotatable bonds is 6. The second kappa shape index (κ2) is 15.3. The van der Waals surface area contributed by atoms with Gasteiger partial charge in [0.1, 0.15) is 11.6 Å². The summed E-state index contributed by atoms with van der Waals surface area (Å²) in [6, 6.07) is 10.0. The molecule has 0 atom stereocenters. The van der Waals surface area contributed by atoms with E-state index in [0.717, 1.165) is 9.13 Å². The van der Waals surface area contributed by atoms with Crippen molar-refractivity contribution in [2.45, 2.75) is 13.1 Å². The van der Waals surface area contributed by atoms with Crippen LogP contribution in [-0.2, 0) is 41.3 Å². The zero-order valence-corrected chi connectivity index (χ0v) is 32.8. The SMILES string of the molecule is CN(C)c1nc2c(c(-c3ccc(Cl)cc3Cl)c1CN)c(=O)n(C)c(=O)n2C.CNc1nc2c(c(-c3ccc(Cl)cc3Cl)c1CN)c(=O)n(C)c(=O)n2C. The molecule has 0 aliphatic carbocycles. The number of pyridine rings is 2. The molecule has 0 saturated heterocycles. The predicted molar refractivity (Wildman–Crippen MR) is 215 cm³/mol. The normalized spacial score (nSPS) is 11.2. The number of hydrogen-bond acceptors (Lipinski definition) is 10. The summed E-state index contributed by atoms with van der Waals surface area (Å²) in [5.74, 6) is 1.04. The molecule has 6 aromatic rings. The van der Waals surface area contributed by atoms with Crippen molar-refractivity contribution < 1.29 is 0 Å². The number of anilines is 2. The predicted octanol–water partition coefficient (Wildman–Crippen LogP) is 4.24. The van der Waals surface area contributed by atoms with E-state index in [2.05, 4.69) is 15.3 Å². The topological polar surface area (TPSA) is 181 Å². The van der Waals surface area contributed by atoms with Gasteiger partial charge in [-0.3, -0.25) is 27.9 Å². The zero-order valence-electron chi connectivity index (χ0n) is 29.8. The molecule has 0 fully saturated rings. The van der Waals surface area contributed by atoms with Crippen LogP contribution in [0.15, 0.2) is 55.6 Å². The van der Waals surface area contributed by atoms with Gasteiger partial charge < -0.3 is 21.7 Å². The van der Waals surface area contributed by atoms with E-state index in [1.807, 2.05) is 14.1 Å². The van der Waals surface area contributed by atoms with E-state index in [4.69, 9.17) is 57.9 Å². The quantitative estimate of drug-likeness (QED) is 0.221. The maximum absolute atomic E-state index is 13.0. The number of nitrogens with two attached hydrogens (primary N) is 2. The van der Waals surface area contributed by atoms with Crippen molar-refractivity contribution in [3.05, 3.63) is 109 Å². The maximum atomic E-state index is 13.0. The fourth-order valence-electron chi connectivity index (χ4n) is 6.19. The number of aryl methyl sites for hydroxylation is 2. The van der Waals surface area contributed by atoms with E-state index in [-0.39, 0.29) is 35.2 Å². The van der Waals surface area contributed by atoms with Gasteiger partial charge in [-0.1, -0.05) is 58.5 Å². The molecule has 0 unspecified atom stereocenters. The first-order valence-corrected chi connectivity index (χ1v) is 17.4. The molecule has 0 amide bonds. The van der Waals surface area contributed by atoms with Crippen molar-refractivity contribution in [3.8, 4) is 22.3 Å². The molecule has 0 saturated carbocycles. The molecule has 5 N–H and O–H groups in total. The molecule has 0 spiro atoms. The summed E-state index contributed by atoms with van der Waals surface area (Å²) < 4.78 is 4.76. The van der Waals surface area contributed by atoms with Crippen LogP contribution in [0.1, 0.15) is 11.1 Å². The summed E-state index contributed by atoms with van der Waals surface area (Å²) in [7, 11) is 11.3. The van der Waals surface area contributed by atoms with E-state index in [1.165, 1.54) is 23.2 Å². The minimum Gasteiger partial charge on any atom is -0.373 e. The summed E-state index contributed by atoms with van der Waals surface area (Å²) in [6.07, 6.45) is 0. The Morgan fingerprint density at radius 2 is 1.08 bits per heavy atom. The molecule has 4 heterocycles. The Bertz CT molecular complexity index is 2700. The fourth-order valence-corrected chi connectivity index (χ4v) is 7.19. The summed E-state index contributed by atoms with van der Waals surface area (Å²) in [4.78, 5) is 61.5. The number of aromatic nitrogens is 6.